The Bertz CT molecular complexity index is 580. The van der Waals surface area contributed by atoms with Gasteiger partial charge in [-0.1, -0.05) is 11.6 Å². The highest BCUT2D eigenvalue weighted by molar-refractivity contribution is 6.30. The number of halogens is 4. The molecular weight excluding hydrogens is 283 g/mol. The fourth-order valence-corrected chi connectivity index (χ4v) is 1.77. The summed E-state index contributed by atoms with van der Waals surface area (Å²) in [7, 11) is 0. The molecule has 104 valence electrons. The average Bonchev–Trinajstić information content (AvgIpc) is 2.74. The highest BCUT2D eigenvalue weighted by Crippen LogP contribution is 2.23. The van der Waals surface area contributed by atoms with Gasteiger partial charge in [0.2, 0.25) is 0 Å². The first-order chi connectivity index (χ1) is 8.88. The van der Waals surface area contributed by atoms with E-state index in [2.05, 4.69) is 20.4 Å². The molecule has 0 aliphatic carbocycles. The zero-order chi connectivity index (χ0) is 14.0. The summed E-state index contributed by atoms with van der Waals surface area (Å²) in [5.74, 6) is 0.809. The maximum Gasteiger partial charge on any atom is 0.389 e. The molecule has 0 aliphatic rings. The lowest BCUT2D eigenvalue weighted by atomic mass is 10.3. The molecule has 9 heteroatoms. The molecule has 0 aliphatic heterocycles. The molecule has 0 amide bonds. The molecule has 19 heavy (non-hydrogen) atoms. The fourth-order valence-electron chi connectivity index (χ4n) is 1.60. The van der Waals surface area contributed by atoms with Crippen molar-refractivity contribution in [2.45, 2.75) is 25.9 Å². The summed E-state index contributed by atoms with van der Waals surface area (Å²) in [5, 5.41) is 7.09. The van der Waals surface area contributed by atoms with E-state index in [9.17, 15) is 13.2 Å². The molecule has 2 rings (SSSR count). The van der Waals surface area contributed by atoms with Crippen LogP contribution in [0.25, 0.3) is 5.78 Å². The van der Waals surface area contributed by atoms with Crippen LogP contribution >= 0.6 is 11.6 Å². The van der Waals surface area contributed by atoms with Gasteiger partial charge in [-0.25, -0.2) is 0 Å². The second kappa shape index (κ2) is 5.20. The third kappa shape index (κ3) is 3.25. The minimum atomic E-state index is -4.14. The molecule has 2 aromatic heterocycles. The summed E-state index contributed by atoms with van der Waals surface area (Å²) in [6.45, 7) is 1.87. The molecule has 0 bridgehead atoms. The maximum absolute atomic E-state index is 12.0. The van der Waals surface area contributed by atoms with Crippen molar-refractivity contribution in [2.75, 3.05) is 11.9 Å². The predicted molar refractivity (Wildman–Crippen MR) is 64.3 cm³/mol. The Morgan fingerprint density at radius 2 is 2.16 bits per heavy atom. The van der Waals surface area contributed by atoms with Crippen LogP contribution in [-0.4, -0.2) is 32.3 Å². The molecule has 0 atom stereocenters. The zero-order valence-electron chi connectivity index (χ0n) is 10.00. The Hall–Kier alpha value is -1.57. The van der Waals surface area contributed by atoms with Crippen molar-refractivity contribution in [3.05, 3.63) is 17.0 Å². The molecule has 0 saturated heterocycles. The summed E-state index contributed by atoms with van der Waals surface area (Å²) in [6.07, 6.45) is -3.70. The molecular formula is C10H11ClF3N5. The normalized spacial score (nSPS) is 12.1. The monoisotopic (exact) mass is 293 g/mol. The van der Waals surface area contributed by atoms with E-state index in [-0.39, 0.29) is 18.1 Å². The van der Waals surface area contributed by atoms with Crippen molar-refractivity contribution < 1.29 is 13.2 Å². The number of nitrogens with one attached hydrogen (secondary N) is 1. The van der Waals surface area contributed by atoms with E-state index in [1.54, 1.807) is 6.92 Å². The van der Waals surface area contributed by atoms with Crippen molar-refractivity contribution in [3.8, 4) is 0 Å². The Balaban J connectivity index is 2.11. The first-order valence-electron chi connectivity index (χ1n) is 5.55. The Morgan fingerprint density at radius 3 is 2.84 bits per heavy atom. The lowest BCUT2D eigenvalue weighted by molar-refractivity contribution is -0.134. The molecule has 1 N–H and O–H groups in total. The second-order valence-electron chi connectivity index (χ2n) is 3.99. The van der Waals surface area contributed by atoms with E-state index in [0.29, 0.717) is 17.2 Å². The molecule has 0 unspecified atom stereocenters. The van der Waals surface area contributed by atoms with Crippen molar-refractivity contribution in [1.82, 2.24) is 19.6 Å². The smallest absolute Gasteiger partial charge is 0.370 e. The van der Waals surface area contributed by atoms with Gasteiger partial charge in [0, 0.05) is 18.5 Å². The predicted octanol–water partition coefficient (Wildman–Crippen LogP) is 2.84. The molecule has 0 saturated carbocycles. The van der Waals surface area contributed by atoms with Crippen molar-refractivity contribution in [2.24, 2.45) is 0 Å². The number of fused-ring (bicyclic) bond motifs is 1. The van der Waals surface area contributed by atoms with Gasteiger partial charge in [0.05, 0.1) is 0 Å². The first kappa shape index (κ1) is 13.9. The van der Waals surface area contributed by atoms with Crippen LogP contribution in [0.2, 0.25) is 5.15 Å². The number of nitrogens with zero attached hydrogens (tertiary/aromatic N) is 4. The van der Waals surface area contributed by atoms with Crippen LogP contribution in [0.4, 0.5) is 19.0 Å². The number of hydrogen-bond donors (Lipinski definition) is 1. The van der Waals surface area contributed by atoms with E-state index in [1.807, 2.05) is 0 Å². The highest BCUT2D eigenvalue weighted by Gasteiger charge is 2.26. The average molecular weight is 294 g/mol. The van der Waals surface area contributed by atoms with Crippen LogP contribution in [0.5, 0.6) is 0 Å². The summed E-state index contributed by atoms with van der Waals surface area (Å²) in [5.41, 5.74) is 0.617. The van der Waals surface area contributed by atoms with Crippen molar-refractivity contribution in [3.63, 3.8) is 0 Å². The van der Waals surface area contributed by atoms with Crippen LogP contribution in [0.15, 0.2) is 6.33 Å². The molecule has 0 spiro atoms. The topological polar surface area (TPSA) is 55.1 Å². The van der Waals surface area contributed by atoms with Crippen LogP contribution in [0.1, 0.15) is 18.4 Å². The van der Waals surface area contributed by atoms with Gasteiger partial charge in [-0.2, -0.15) is 32.8 Å². The van der Waals surface area contributed by atoms with Crippen LogP contribution in [-0.2, 0) is 0 Å². The Labute approximate surface area is 111 Å². The highest BCUT2D eigenvalue weighted by atomic mass is 35.5. The Kier molecular flexibility index (Phi) is 3.79. The molecule has 5 nitrogen and oxygen atoms in total. The van der Waals surface area contributed by atoms with Crippen LogP contribution < -0.4 is 5.32 Å². The van der Waals surface area contributed by atoms with Gasteiger partial charge in [0.1, 0.15) is 17.3 Å². The molecule has 0 radical (unpaired) electrons. The second-order valence-corrected chi connectivity index (χ2v) is 4.35. The van der Waals surface area contributed by atoms with E-state index in [0.717, 1.165) is 0 Å². The molecule has 0 aromatic carbocycles. The van der Waals surface area contributed by atoms with Gasteiger partial charge in [-0.05, 0) is 13.3 Å². The molecule has 2 aromatic rings. The number of rotatable bonds is 4. The van der Waals surface area contributed by atoms with Crippen LogP contribution in [0, 0.1) is 6.92 Å². The zero-order valence-corrected chi connectivity index (χ0v) is 10.8. The van der Waals surface area contributed by atoms with Gasteiger partial charge >= 0.3 is 6.18 Å². The van der Waals surface area contributed by atoms with E-state index >= 15 is 0 Å². The molecule has 2 heterocycles. The van der Waals surface area contributed by atoms with Gasteiger partial charge in [-0.3, -0.25) is 0 Å². The maximum atomic E-state index is 12.0. The van der Waals surface area contributed by atoms with E-state index < -0.39 is 12.6 Å². The lowest BCUT2D eigenvalue weighted by Gasteiger charge is -2.12. The third-order valence-corrected chi connectivity index (χ3v) is 2.90. The van der Waals surface area contributed by atoms with E-state index in [4.69, 9.17) is 11.6 Å². The minimum absolute atomic E-state index is 0.0287. The lowest BCUT2D eigenvalue weighted by Crippen LogP contribution is -2.13. The summed E-state index contributed by atoms with van der Waals surface area (Å²) in [4.78, 5) is 7.88. The summed E-state index contributed by atoms with van der Waals surface area (Å²) in [6, 6.07) is 0. The van der Waals surface area contributed by atoms with E-state index in [1.165, 1.54) is 10.8 Å². The largest absolute Gasteiger partial charge is 0.389 e. The number of hydrogen-bond acceptors (Lipinski definition) is 4. The number of anilines is 1. The SMILES string of the molecule is Cc1c(Cl)nc2ncnn2c1NCCCC(F)(F)F. The van der Waals surface area contributed by atoms with Crippen molar-refractivity contribution >= 4 is 23.2 Å². The Morgan fingerprint density at radius 1 is 1.42 bits per heavy atom. The van der Waals surface area contributed by atoms with Gasteiger partial charge in [-0.15, -0.1) is 0 Å². The molecule has 0 fully saturated rings. The third-order valence-electron chi connectivity index (χ3n) is 2.53. The quantitative estimate of drug-likeness (QED) is 0.696. The number of alkyl halides is 3. The van der Waals surface area contributed by atoms with Gasteiger partial charge < -0.3 is 5.32 Å². The first-order valence-corrected chi connectivity index (χ1v) is 5.93. The minimum Gasteiger partial charge on any atom is -0.370 e. The van der Waals surface area contributed by atoms with Crippen molar-refractivity contribution in [1.29, 1.82) is 0 Å². The summed E-state index contributed by atoms with van der Waals surface area (Å²) >= 11 is 5.92. The fraction of sp³-hybridized carbons (Fsp3) is 0.500. The summed E-state index contributed by atoms with van der Waals surface area (Å²) < 4.78 is 37.5. The van der Waals surface area contributed by atoms with Gasteiger partial charge in [0.15, 0.2) is 0 Å². The van der Waals surface area contributed by atoms with Gasteiger partial charge in [0.25, 0.3) is 5.78 Å². The standard InChI is InChI=1S/C10H11ClF3N5/c1-6-7(11)18-9-16-5-17-19(9)8(6)15-4-2-3-10(12,13)14/h5,15H,2-4H2,1H3. The number of aromatic nitrogens is 4. The van der Waals surface area contributed by atoms with Crippen LogP contribution in [0.3, 0.4) is 0 Å².